The zero-order valence-corrected chi connectivity index (χ0v) is 13.1. The average molecular weight is 295 g/mol. The molecule has 110 valence electrons. The SMILES string of the molecule is Cc1cc2c(n1C1CCS(=O)(=O)C1)CC(C)(C)CC2=O. The molecule has 1 atom stereocenters. The van der Waals surface area contributed by atoms with Crippen LogP contribution in [0, 0.1) is 12.3 Å². The smallest absolute Gasteiger partial charge is 0.165 e. The molecular formula is C15H21NO3S. The van der Waals surface area contributed by atoms with Crippen molar-refractivity contribution in [3.8, 4) is 0 Å². The fourth-order valence-electron chi connectivity index (χ4n) is 3.66. The molecule has 0 aromatic carbocycles. The number of sulfone groups is 1. The molecule has 5 heteroatoms. The minimum Gasteiger partial charge on any atom is -0.344 e. The van der Waals surface area contributed by atoms with Crippen molar-refractivity contribution < 1.29 is 13.2 Å². The quantitative estimate of drug-likeness (QED) is 0.799. The number of hydrogen-bond acceptors (Lipinski definition) is 3. The van der Waals surface area contributed by atoms with Crippen LogP contribution in [0.1, 0.15) is 54.5 Å². The van der Waals surface area contributed by atoms with Crippen molar-refractivity contribution in [3.05, 3.63) is 23.0 Å². The maximum absolute atomic E-state index is 12.3. The van der Waals surface area contributed by atoms with E-state index in [1.165, 1.54) is 0 Å². The molecule has 1 unspecified atom stereocenters. The van der Waals surface area contributed by atoms with Gasteiger partial charge in [0.25, 0.3) is 0 Å². The van der Waals surface area contributed by atoms with Gasteiger partial charge in [-0.25, -0.2) is 8.42 Å². The second-order valence-electron chi connectivity index (χ2n) is 7.01. The minimum absolute atomic E-state index is 0.00505. The molecule has 2 aliphatic rings. The Morgan fingerprint density at radius 3 is 2.60 bits per heavy atom. The van der Waals surface area contributed by atoms with Crippen LogP contribution in [-0.4, -0.2) is 30.3 Å². The van der Waals surface area contributed by atoms with Gasteiger partial charge in [-0.2, -0.15) is 0 Å². The molecule has 0 N–H and O–H groups in total. The summed E-state index contributed by atoms with van der Waals surface area (Å²) in [5, 5.41) is 0. The highest BCUT2D eigenvalue weighted by molar-refractivity contribution is 7.91. The zero-order valence-electron chi connectivity index (χ0n) is 12.3. The van der Waals surface area contributed by atoms with E-state index in [1.54, 1.807) is 0 Å². The molecule has 0 saturated carbocycles. The van der Waals surface area contributed by atoms with Gasteiger partial charge in [0.2, 0.25) is 0 Å². The van der Waals surface area contributed by atoms with Gasteiger partial charge in [-0.15, -0.1) is 0 Å². The van der Waals surface area contributed by atoms with Crippen molar-refractivity contribution in [3.63, 3.8) is 0 Å². The fourth-order valence-corrected chi connectivity index (χ4v) is 5.36. The Balaban J connectivity index is 2.08. The van der Waals surface area contributed by atoms with Crippen molar-refractivity contribution >= 4 is 15.6 Å². The number of aryl methyl sites for hydroxylation is 1. The molecule has 0 bridgehead atoms. The number of nitrogens with zero attached hydrogens (tertiary/aromatic N) is 1. The van der Waals surface area contributed by atoms with Gasteiger partial charge in [0.1, 0.15) is 0 Å². The van der Waals surface area contributed by atoms with Crippen molar-refractivity contribution in [2.75, 3.05) is 11.5 Å². The lowest BCUT2D eigenvalue weighted by Crippen LogP contribution is -2.29. The summed E-state index contributed by atoms with van der Waals surface area (Å²) in [4.78, 5) is 12.3. The Morgan fingerprint density at radius 2 is 2.00 bits per heavy atom. The first-order chi connectivity index (χ1) is 9.19. The highest BCUT2D eigenvalue weighted by Crippen LogP contribution is 2.39. The van der Waals surface area contributed by atoms with Crippen LogP contribution in [0.2, 0.25) is 0 Å². The number of fused-ring (bicyclic) bond motifs is 1. The lowest BCUT2D eigenvalue weighted by molar-refractivity contribution is 0.0909. The largest absolute Gasteiger partial charge is 0.344 e. The Labute approximate surface area is 120 Å². The van der Waals surface area contributed by atoms with E-state index in [9.17, 15) is 13.2 Å². The molecule has 2 heterocycles. The van der Waals surface area contributed by atoms with Crippen LogP contribution in [0.25, 0.3) is 0 Å². The van der Waals surface area contributed by atoms with Crippen LogP contribution in [-0.2, 0) is 16.3 Å². The number of Topliss-reactive ketones (excluding diaryl/α,β-unsaturated/α-hetero) is 1. The van der Waals surface area contributed by atoms with E-state index in [0.717, 1.165) is 23.4 Å². The van der Waals surface area contributed by atoms with E-state index in [-0.39, 0.29) is 28.7 Å². The molecule has 0 spiro atoms. The normalized spacial score (nSPS) is 27.6. The lowest BCUT2D eigenvalue weighted by Gasteiger charge is -2.31. The molecule has 3 rings (SSSR count). The van der Waals surface area contributed by atoms with Crippen molar-refractivity contribution in [1.29, 1.82) is 0 Å². The summed E-state index contributed by atoms with van der Waals surface area (Å²) in [6, 6.07) is 1.95. The zero-order chi connectivity index (χ0) is 14.7. The number of carbonyl (C=O) groups is 1. The van der Waals surface area contributed by atoms with Gasteiger partial charge < -0.3 is 4.57 Å². The van der Waals surface area contributed by atoms with Gasteiger partial charge in [0, 0.05) is 29.4 Å². The van der Waals surface area contributed by atoms with Crippen LogP contribution < -0.4 is 0 Å². The third kappa shape index (κ3) is 2.22. The standard InChI is InChI=1S/C15H21NO3S/c1-10-6-12-13(7-15(2,3)8-14(12)17)16(10)11-4-5-20(18,19)9-11/h6,11H,4-5,7-9H2,1-3H3. The van der Waals surface area contributed by atoms with E-state index >= 15 is 0 Å². The number of aromatic nitrogens is 1. The monoisotopic (exact) mass is 295 g/mol. The highest BCUT2D eigenvalue weighted by Gasteiger charge is 2.37. The first-order valence-electron chi connectivity index (χ1n) is 7.13. The minimum atomic E-state index is -2.91. The van der Waals surface area contributed by atoms with Crippen LogP contribution in [0.5, 0.6) is 0 Å². The van der Waals surface area contributed by atoms with Crippen molar-refractivity contribution in [2.24, 2.45) is 5.41 Å². The second kappa shape index (κ2) is 4.20. The maximum atomic E-state index is 12.3. The van der Waals surface area contributed by atoms with Crippen LogP contribution >= 0.6 is 0 Å². The first-order valence-corrected chi connectivity index (χ1v) is 8.95. The van der Waals surface area contributed by atoms with Gasteiger partial charge in [-0.1, -0.05) is 13.8 Å². The topological polar surface area (TPSA) is 56.1 Å². The Morgan fingerprint density at radius 1 is 1.30 bits per heavy atom. The lowest BCUT2D eigenvalue weighted by atomic mass is 9.76. The van der Waals surface area contributed by atoms with Crippen LogP contribution in [0.3, 0.4) is 0 Å². The summed E-state index contributed by atoms with van der Waals surface area (Å²) < 4.78 is 25.6. The van der Waals surface area contributed by atoms with Gasteiger partial charge in [-0.3, -0.25) is 4.79 Å². The summed E-state index contributed by atoms with van der Waals surface area (Å²) in [5.74, 6) is 0.671. The van der Waals surface area contributed by atoms with Crippen LogP contribution in [0.15, 0.2) is 6.07 Å². The predicted molar refractivity (Wildman–Crippen MR) is 77.9 cm³/mol. The second-order valence-corrected chi connectivity index (χ2v) is 9.24. The van der Waals surface area contributed by atoms with Gasteiger partial charge in [0.15, 0.2) is 15.6 Å². The highest BCUT2D eigenvalue weighted by atomic mass is 32.2. The third-order valence-corrected chi connectivity index (χ3v) is 6.24. The van der Waals surface area contributed by atoms with Crippen LogP contribution in [0.4, 0.5) is 0 Å². The van der Waals surface area contributed by atoms with Gasteiger partial charge in [-0.05, 0) is 31.2 Å². The Hall–Kier alpha value is -1.10. The number of hydrogen-bond donors (Lipinski definition) is 0. The summed E-state index contributed by atoms with van der Waals surface area (Å²) in [5.41, 5.74) is 2.84. The molecule has 1 aromatic heterocycles. The summed E-state index contributed by atoms with van der Waals surface area (Å²) in [7, 11) is -2.91. The van der Waals surface area contributed by atoms with Crippen molar-refractivity contribution in [2.45, 2.75) is 46.1 Å². The summed E-state index contributed by atoms with van der Waals surface area (Å²) in [6.45, 7) is 6.18. The molecule has 4 nitrogen and oxygen atoms in total. The number of ketones is 1. The van der Waals surface area contributed by atoms with E-state index in [0.29, 0.717) is 12.8 Å². The average Bonchev–Trinajstić information content (AvgIpc) is 2.77. The first kappa shape index (κ1) is 13.9. The molecule has 1 saturated heterocycles. The Kier molecular flexibility index (Phi) is 2.91. The summed E-state index contributed by atoms with van der Waals surface area (Å²) >= 11 is 0. The predicted octanol–water partition coefficient (Wildman–Crippen LogP) is 2.31. The fraction of sp³-hybridized carbons (Fsp3) is 0.667. The number of carbonyl (C=O) groups excluding carboxylic acids is 1. The maximum Gasteiger partial charge on any atom is 0.165 e. The molecular weight excluding hydrogens is 274 g/mol. The van der Waals surface area contributed by atoms with E-state index in [2.05, 4.69) is 18.4 Å². The molecule has 1 aromatic rings. The molecule has 1 fully saturated rings. The van der Waals surface area contributed by atoms with E-state index < -0.39 is 9.84 Å². The van der Waals surface area contributed by atoms with E-state index in [4.69, 9.17) is 0 Å². The third-order valence-electron chi connectivity index (χ3n) is 4.49. The van der Waals surface area contributed by atoms with Gasteiger partial charge in [0.05, 0.1) is 11.5 Å². The summed E-state index contributed by atoms with van der Waals surface area (Å²) in [6.07, 6.45) is 2.09. The molecule has 0 amide bonds. The molecule has 0 radical (unpaired) electrons. The number of rotatable bonds is 1. The van der Waals surface area contributed by atoms with Crippen molar-refractivity contribution in [1.82, 2.24) is 4.57 Å². The molecule has 1 aliphatic carbocycles. The molecule has 20 heavy (non-hydrogen) atoms. The Bertz CT molecular complexity index is 682. The van der Waals surface area contributed by atoms with E-state index in [1.807, 2.05) is 13.0 Å². The molecule has 1 aliphatic heterocycles. The van der Waals surface area contributed by atoms with Gasteiger partial charge >= 0.3 is 0 Å².